The minimum atomic E-state index is 0.0562. The Labute approximate surface area is 149 Å². The van der Waals surface area contributed by atoms with Crippen molar-refractivity contribution in [1.82, 2.24) is 0 Å². The van der Waals surface area contributed by atoms with Gasteiger partial charge in [0.25, 0.3) is 0 Å². The standard InChI is InChI=1S/C19H40O5/c1-3-4-5-6-7-8-9-19(2)18-24-17-16-23-15-14-22-13-12-21-11-10-20/h19-20H,3-18H2,1-2H3. The number of aliphatic hydroxyl groups is 1. The van der Waals surface area contributed by atoms with E-state index in [0.29, 0.717) is 52.2 Å². The zero-order valence-corrected chi connectivity index (χ0v) is 16.0. The molecule has 0 bridgehead atoms. The summed E-state index contributed by atoms with van der Waals surface area (Å²) in [6, 6.07) is 0. The van der Waals surface area contributed by atoms with Crippen LogP contribution in [0.4, 0.5) is 0 Å². The van der Waals surface area contributed by atoms with Crippen molar-refractivity contribution in [2.75, 3.05) is 59.5 Å². The average molecular weight is 349 g/mol. The molecular formula is C19H40O5. The van der Waals surface area contributed by atoms with Crippen LogP contribution in [-0.2, 0) is 18.9 Å². The predicted octanol–water partition coefficient (Wildman–Crippen LogP) is 3.43. The smallest absolute Gasteiger partial charge is 0.0701 e. The molecule has 0 radical (unpaired) electrons. The minimum absolute atomic E-state index is 0.0562. The molecule has 146 valence electrons. The minimum Gasteiger partial charge on any atom is -0.394 e. The zero-order valence-electron chi connectivity index (χ0n) is 16.0. The van der Waals surface area contributed by atoms with E-state index in [1.54, 1.807) is 0 Å². The molecule has 1 N–H and O–H groups in total. The first-order valence-corrected chi connectivity index (χ1v) is 9.73. The van der Waals surface area contributed by atoms with Gasteiger partial charge in [0.05, 0.1) is 52.9 Å². The van der Waals surface area contributed by atoms with Gasteiger partial charge in [-0.15, -0.1) is 0 Å². The number of unbranched alkanes of at least 4 members (excludes halogenated alkanes) is 5. The van der Waals surface area contributed by atoms with Gasteiger partial charge in [-0.25, -0.2) is 0 Å². The molecule has 0 rings (SSSR count). The van der Waals surface area contributed by atoms with Gasteiger partial charge in [0, 0.05) is 6.61 Å². The van der Waals surface area contributed by atoms with Crippen LogP contribution in [0.25, 0.3) is 0 Å². The summed E-state index contributed by atoms with van der Waals surface area (Å²) in [5, 5.41) is 8.53. The summed E-state index contributed by atoms with van der Waals surface area (Å²) < 4.78 is 21.5. The van der Waals surface area contributed by atoms with Crippen LogP contribution < -0.4 is 0 Å². The highest BCUT2D eigenvalue weighted by molar-refractivity contribution is 4.53. The molecule has 0 aliphatic carbocycles. The third-order valence-electron chi connectivity index (χ3n) is 3.80. The van der Waals surface area contributed by atoms with Crippen molar-refractivity contribution < 1.29 is 24.1 Å². The molecule has 0 fully saturated rings. The van der Waals surface area contributed by atoms with E-state index in [0.717, 1.165) is 6.61 Å². The van der Waals surface area contributed by atoms with E-state index in [2.05, 4.69) is 13.8 Å². The Morgan fingerprint density at radius 2 is 1.17 bits per heavy atom. The summed E-state index contributed by atoms with van der Waals surface area (Å²) in [6.07, 6.45) is 9.41. The van der Waals surface area contributed by atoms with Crippen molar-refractivity contribution in [1.29, 1.82) is 0 Å². The Kier molecular flexibility index (Phi) is 20.7. The van der Waals surface area contributed by atoms with Crippen LogP contribution in [0.5, 0.6) is 0 Å². The number of hydrogen-bond donors (Lipinski definition) is 1. The first kappa shape index (κ1) is 23.8. The lowest BCUT2D eigenvalue weighted by Crippen LogP contribution is -2.14. The molecule has 0 aromatic carbocycles. The van der Waals surface area contributed by atoms with E-state index >= 15 is 0 Å². The highest BCUT2D eigenvalue weighted by Crippen LogP contribution is 2.12. The van der Waals surface area contributed by atoms with Crippen LogP contribution in [0.2, 0.25) is 0 Å². The van der Waals surface area contributed by atoms with Gasteiger partial charge in [-0.1, -0.05) is 52.4 Å². The second-order valence-corrected chi connectivity index (χ2v) is 6.30. The third-order valence-corrected chi connectivity index (χ3v) is 3.80. The van der Waals surface area contributed by atoms with Crippen molar-refractivity contribution in [3.05, 3.63) is 0 Å². The quantitative estimate of drug-likeness (QED) is 0.342. The summed E-state index contributed by atoms with van der Waals surface area (Å²) in [5.74, 6) is 0.637. The second-order valence-electron chi connectivity index (χ2n) is 6.30. The Bertz CT molecular complexity index is 226. The summed E-state index contributed by atoms with van der Waals surface area (Å²) in [5.41, 5.74) is 0. The number of ether oxygens (including phenoxy) is 4. The van der Waals surface area contributed by atoms with Crippen molar-refractivity contribution in [3.8, 4) is 0 Å². The maximum absolute atomic E-state index is 8.53. The molecule has 0 amide bonds. The second kappa shape index (κ2) is 20.8. The molecule has 0 aromatic rings. The highest BCUT2D eigenvalue weighted by atomic mass is 16.6. The maximum atomic E-state index is 8.53. The molecular weight excluding hydrogens is 308 g/mol. The molecule has 24 heavy (non-hydrogen) atoms. The number of aliphatic hydroxyl groups excluding tert-OH is 1. The summed E-state index contributed by atoms with van der Waals surface area (Å²) in [6.45, 7) is 9.25. The van der Waals surface area contributed by atoms with Crippen LogP contribution >= 0.6 is 0 Å². The summed E-state index contributed by atoms with van der Waals surface area (Å²) in [7, 11) is 0. The number of rotatable bonds is 20. The van der Waals surface area contributed by atoms with Gasteiger partial charge in [0.2, 0.25) is 0 Å². The Morgan fingerprint density at radius 1 is 0.667 bits per heavy atom. The number of hydrogen-bond acceptors (Lipinski definition) is 5. The van der Waals surface area contributed by atoms with Crippen molar-refractivity contribution in [2.24, 2.45) is 5.92 Å². The summed E-state index contributed by atoms with van der Waals surface area (Å²) >= 11 is 0. The highest BCUT2D eigenvalue weighted by Gasteiger charge is 2.02. The van der Waals surface area contributed by atoms with Gasteiger partial charge in [0.1, 0.15) is 0 Å². The molecule has 0 aromatic heterocycles. The lowest BCUT2D eigenvalue weighted by Gasteiger charge is -2.12. The molecule has 5 heteroatoms. The largest absolute Gasteiger partial charge is 0.394 e. The molecule has 0 aliphatic heterocycles. The zero-order chi connectivity index (χ0) is 17.7. The summed E-state index contributed by atoms with van der Waals surface area (Å²) in [4.78, 5) is 0. The normalized spacial score (nSPS) is 12.6. The predicted molar refractivity (Wildman–Crippen MR) is 97.5 cm³/mol. The van der Waals surface area contributed by atoms with Gasteiger partial charge in [0.15, 0.2) is 0 Å². The van der Waals surface area contributed by atoms with E-state index in [9.17, 15) is 0 Å². The SMILES string of the molecule is CCCCCCCCC(C)COCCOCCOCCOCCO. The molecule has 0 heterocycles. The Hall–Kier alpha value is -0.200. The van der Waals surface area contributed by atoms with Crippen molar-refractivity contribution >= 4 is 0 Å². The molecule has 0 saturated carbocycles. The molecule has 5 nitrogen and oxygen atoms in total. The fourth-order valence-electron chi connectivity index (χ4n) is 2.37. The van der Waals surface area contributed by atoms with Gasteiger partial charge in [-0.3, -0.25) is 0 Å². The van der Waals surface area contributed by atoms with Gasteiger partial charge in [-0.05, 0) is 12.3 Å². The van der Waals surface area contributed by atoms with Gasteiger partial charge < -0.3 is 24.1 Å². The van der Waals surface area contributed by atoms with E-state index in [1.165, 1.54) is 44.9 Å². The van der Waals surface area contributed by atoms with Crippen molar-refractivity contribution in [2.45, 2.75) is 58.8 Å². The first-order valence-electron chi connectivity index (χ1n) is 9.73. The molecule has 1 unspecified atom stereocenters. The molecule has 0 aliphatic rings. The van der Waals surface area contributed by atoms with Crippen LogP contribution in [0.3, 0.4) is 0 Å². The molecule has 1 atom stereocenters. The van der Waals surface area contributed by atoms with E-state index in [-0.39, 0.29) is 6.61 Å². The van der Waals surface area contributed by atoms with E-state index in [4.69, 9.17) is 24.1 Å². The van der Waals surface area contributed by atoms with Crippen LogP contribution in [0.1, 0.15) is 58.8 Å². The topological polar surface area (TPSA) is 57.2 Å². The average Bonchev–Trinajstić information content (AvgIpc) is 2.59. The third kappa shape index (κ3) is 19.8. The van der Waals surface area contributed by atoms with Gasteiger partial charge >= 0.3 is 0 Å². The fourth-order valence-corrected chi connectivity index (χ4v) is 2.37. The van der Waals surface area contributed by atoms with E-state index < -0.39 is 0 Å². The Morgan fingerprint density at radius 3 is 1.75 bits per heavy atom. The molecule has 0 spiro atoms. The maximum Gasteiger partial charge on any atom is 0.0701 e. The van der Waals surface area contributed by atoms with E-state index in [1.807, 2.05) is 0 Å². The van der Waals surface area contributed by atoms with Crippen molar-refractivity contribution in [3.63, 3.8) is 0 Å². The fraction of sp³-hybridized carbons (Fsp3) is 1.00. The lowest BCUT2D eigenvalue weighted by atomic mass is 10.0. The first-order chi connectivity index (χ1) is 11.8. The molecule has 0 saturated heterocycles. The monoisotopic (exact) mass is 348 g/mol. The van der Waals surface area contributed by atoms with Crippen LogP contribution in [0.15, 0.2) is 0 Å². The van der Waals surface area contributed by atoms with Crippen LogP contribution in [0, 0.1) is 5.92 Å². The Balaban J connectivity index is 3.10. The lowest BCUT2D eigenvalue weighted by molar-refractivity contribution is -0.00868. The van der Waals surface area contributed by atoms with Gasteiger partial charge in [-0.2, -0.15) is 0 Å². The van der Waals surface area contributed by atoms with Crippen LogP contribution in [-0.4, -0.2) is 64.6 Å².